The van der Waals surface area contributed by atoms with E-state index in [-0.39, 0.29) is 25.0 Å². The number of benzene rings is 2. The van der Waals surface area contributed by atoms with Crippen LogP contribution in [0.5, 0.6) is 5.75 Å². The average Bonchev–Trinajstić information content (AvgIpc) is 2.70. The van der Waals surface area contributed by atoms with Gasteiger partial charge in [0.2, 0.25) is 5.91 Å². The number of halogens is 2. The first-order chi connectivity index (χ1) is 13.4. The average molecular weight is 423 g/mol. The van der Waals surface area contributed by atoms with Crippen LogP contribution < -0.4 is 10.1 Å². The van der Waals surface area contributed by atoms with Crippen molar-refractivity contribution in [3.63, 3.8) is 0 Å². The third kappa shape index (κ3) is 6.14. The van der Waals surface area contributed by atoms with Crippen LogP contribution in [0.4, 0.5) is 0 Å². The molecule has 0 heterocycles. The minimum atomic E-state index is -0.703. The summed E-state index contributed by atoms with van der Waals surface area (Å²) in [4.78, 5) is 26.8. The lowest BCUT2D eigenvalue weighted by molar-refractivity contribution is -0.142. The van der Waals surface area contributed by atoms with Crippen molar-refractivity contribution >= 4 is 35.0 Å². The van der Waals surface area contributed by atoms with Gasteiger partial charge in [-0.25, -0.2) is 0 Å². The predicted octanol–water partition coefficient (Wildman–Crippen LogP) is 4.32. The monoisotopic (exact) mass is 422 g/mol. The Bertz CT molecular complexity index is 779. The molecule has 0 unspecified atom stereocenters. The highest BCUT2D eigenvalue weighted by molar-refractivity contribution is 6.36. The molecule has 2 aromatic rings. The van der Waals surface area contributed by atoms with Gasteiger partial charge in [-0.2, -0.15) is 0 Å². The van der Waals surface area contributed by atoms with Crippen LogP contribution >= 0.6 is 23.2 Å². The van der Waals surface area contributed by atoms with Crippen LogP contribution in [0, 0.1) is 0 Å². The molecule has 7 heteroatoms. The smallest absolute Gasteiger partial charge is 0.261 e. The van der Waals surface area contributed by atoms with E-state index in [1.165, 1.54) is 4.90 Å². The second kappa shape index (κ2) is 10.9. The summed E-state index contributed by atoms with van der Waals surface area (Å²) in [5, 5.41) is 3.70. The zero-order chi connectivity index (χ0) is 20.5. The van der Waals surface area contributed by atoms with Crippen LogP contribution in [0.25, 0.3) is 0 Å². The number of nitrogens with zero attached hydrogens (tertiary/aromatic N) is 1. The fourth-order valence-electron chi connectivity index (χ4n) is 2.58. The second-order valence-corrected chi connectivity index (χ2v) is 7.10. The molecule has 5 nitrogen and oxygen atoms in total. The Morgan fingerprint density at radius 3 is 2.32 bits per heavy atom. The molecule has 0 aliphatic rings. The van der Waals surface area contributed by atoms with Crippen LogP contribution in [0.1, 0.15) is 25.8 Å². The molecule has 150 valence electrons. The van der Waals surface area contributed by atoms with Gasteiger partial charge in [0, 0.05) is 28.7 Å². The third-order valence-corrected chi connectivity index (χ3v) is 4.92. The number of rotatable bonds is 9. The zero-order valence-corrected chi connectivity index (χ0v) is 17.5. The summed E-state index contributed by atoms with van der Waals surface area (Å²) in [6.45, 7) is 4.09. The highest BCUT2D eigenvalue weighted by Crippen LogP contribution is 2.26. The second-order valence-electron chi connectivity index (χ2n) is 6.29. The normalized spacial score (nSPS) is 11.6. The van der Waals surface area contributed by atoms with Crippen molar-refractivity contribution in [1.29, 1.82) is 0 Å². The molecule has 0 fully saturated rings. The molecular weight excluding hydrogens is 399 g/mol. The standard InChI is InChI=1S/C21H24Cl2N2O3/c1-3-12-24-21(27)15(2)25(13-17-18(22)10-7-11-19(17)23)20(26)14-28-16-8-5-4-6-9-16/h4-11,15H,3,12-14H2,1-2H3,(H,24,27)/t15-/m0/s1. The Balaban J connectivity index is 2.19. The summed E-state index contributed by atoms with van der Waals surface area (Å²) in [6, 6.07) is 13.5. The Kier molecular flexibility index (Phi) is 8.61. The molecule has 2 rings (SSSR count). The number of carbonyl (C=O) groups excluding carboxylic acids is 2. The number of amides is 2. The predicted molar refractivity (Wildman–Crippen MR) is 112 cm³/mol. The molecular formula is C21H24Cl2N2O3. The maximum absolute atomic E-state index is 12.9. The van der Waals surface area contributed by atoms with E-state index >= 15 is 0 Å². The molecule has 0 aliphatic heterocycles. The van der Waals surface area contributed by atoms with E-state index in [1.54, 1.807) is 37.3 Å². The maximum atomic E-state index is 12.9. The van der Waals surface area contributed by atoms with Crippen LogP contribution in [-0.4, -0.2) is 35.9 Å². The first-order valence-electron chi connectivity index (χ1n) is 9.12. The number of nitrogens with one attached hydrogen (secondary N) is 1. The number of hydrogen-bond acceptors (Lipinski definition) is 3. The molecule has 2 amide bonds. The van der Waals surface area contributed by atoms with Crippen LogP contribution in [0.2, 0.25) is 10.0 Å². The Hall–Kier alpha value is -2.24. The summed E-state index contributed by atoms with van der Waals surface area (Å²) < 4.78 is 5.57. The molecule has 1 N–H and O–H groups in total. The summed E-state index contributed by atoms with van der Waals surface area (Å²) in [7, 11) is 0. The molecule has 1 atom stereocenters. The molecule has 0 spiro atoms. The van der Waals surface area contributed by atoms with Crippen molar-refractivity contribution in [2.75, 3.05) is 13.2 Å². The van der Waals surface area contributed by atoms with Gasteiger partial charge in [-0.05, 0) is 37.6 Å². The van der Waals surface area contributed by atoms with E-state index < -0.39 is 6.04 Å². The molecule has 0 saturated carbocycles. The van der Waals surface area contributed by atoms with Gasteiger partial charge in [0.05, 0.1) is 0 Å². The van der Waals surface area contributed by atoms with Gasteiger partial charge < -0.3 is 15.0 Å². The van der Waals surface area contributed by atoms with Crippen molar-refractivity contribution in [1.82, 2.24) is 10.2 Å². The topological polar surface area (TPSA) is 58.6 Å². The molecule has 0 saturated heterocycles. The first-order valence-corrected chi connectivity index (χ1v) is 9.87. The highest BCUT2D eigenvalue weighted by Gasteiger charge is 2.27. The van der Waals surface area contributed by atoms with Gasteiger partial charge in [0.25, 0.3) is 5.91 Å². The van der Waals surface area contributed by atoms with E-state index in [0.29, 0.717) is 27.9 Å². The Morgan fingerprint density at radius 2 is 1.71 bits per heavy atom. The Labute approximate surface area is 175 Å². The van der Waals surface area contributed by atoms with Crippen LogP contribution in [-0.2, 0) is 16.1 Å². The first kappa shape index (κ1) is 22.1. The number of para-hydroxylation sites is 1. The van der Waals surface area contributed by atoms with Gasteiger partial charge in [0.1, 0.15) is 11.8 Å². The van der Waals surface area contributed by atoms with Crippen LogP contribution in [0.15, 0.2) is 48.5 Å². The lowest BCUT2D eigenvalue weighted by atomic mass is 10.1. The quantitative estimate of drug-likeness (QED) is 0.654. The molecule has 0 radical (unpaired) electrons. The number of carbonyl (C=O) groups is 2. The van der Waals surface area contributed by atoms with Gasteiger partial charge in [-0.15, -0.1) is 0 Å². The largest absolute Gasteiger partial charge is 0.484 e. The van der Waals surface area contributed by atoms with Crippen molar-refractivity contribution in [3.8, 4) is 5.75 Å². The summed E-state index contributed by atoms with van der Waals surface area (Å²) in [6.07, 6.45) is 0.805. The van der Waals surface area contributed by atoms with E-state index in [9.17, 15) is 9.59 Å². The van der Waals surface area contributed by atoms with E-state index in [2.05, 4.69) is 5.32 Å². The SMILES string of the molecule is CCCNC(=O)[C@H](C)N(Cc1c(Cl)cccc1Cl)C(=O)COc1ccccc1. The summed E-state index contributed by atoms with van der Waals surface area (Å²) in [5.41, 5.74) is 0.592. The minimum Gasteiger partial charge on any atom is -0.484 e. The number of hydrogen-bond donors (Lipinski definition) is 1. The van der Waals surface area contributed by atoms with Crippen molar-refractivity contribution in [2.24, 2.45) is 0 Å². The zero-order valence-electron chi connectivity index (χ0n) is 16.0. The van der Waals surface area contributed by atoms with E-state index in [4.69, 9.17) is 27.9 Å². The lowest BCUT2D eigenvalue weighted by Crippen LogP contribution is -2.49. The van der Waals surface area contributed by atoms with E-state index in [0.717, 1.165) is 6.42 Å². The summed E-state index contributed by atoms with van der Waals surface area (Å²) in [5.74, 6) is 0.00624. The van der Waals surface area contributed by atoms with Gasteiger partial charge in [-0.1, -0.05) is 54.4 Å². The summed E-state index contributed by atoms with van der Waals surface area (Å²) >= 11 is 12.5. The van der Waals surface area contributed by atoms with Gasteiger partial charge >= 0.3 is 0 Å². The van der Waals surface area contributed by atoms with Crippen LogP contribution in [0.3, 0.4) is 0 Å². The molecule has 0 bridgehead atoms. The lowest BCUT2D eigenvalue weighted by Gasteiger charge is -2.29. The fourth-order valence-corrected chi connectivity index (χ4v) is 3.09. The van der Waals surface area contributed by atoms with Gasteiger partial charge in [0.15, 0.2) is 6.61 Å². The Morgan fingerprint density at radius 1 is 1.07 bits per heavy atom. The fraction of sp³-hybridized carbons (Fsp3) is 0.333. The molecule has 2 aromatic carbocycles. The third-order valence-electron chi connectivity index (χ3n) is 4.21. The maximum Gasteiger partial charge on any atom is 0.261 e. The van der Waals surface area contributed by atoms with E-state index in [1.807, 2.05) is 25.1 Å². The van der Waals surface area contributed by atoms with Crippen molar-refractivity contribution in [2.45, 2.75) is 32.9 Å². The molecule has 0 aromatic heterocycles. The van der Waals surface area contributed by atoms with Crippen molar-refractivity contribution < 1.29 is 14.3 Å². The molecule has 0 aliphatic carbocycles. The molecule has 28 heavy (non-hydrogen) atoms. The minimum absolute atomic E-state index is 0.107. The van der Waals surface area contributed by atoms with Crippen molar-refractivity contribution in [3.05, 3.63) is 64.1 Å². The number of ether oxygens (including phenoxy) is 1. The van der Waals surface area contributed by atoms with Gasteiger partial charge in [-0.3, -0.25) is 9.59 Å². The highest BCUT2D eigenvalue weighted by atomic mass is 35.5.